The van der Waals surface area contributed by atoms with Gasteiger partial charge in [-0.15, -0.1) is 0 Å². The summed E-state index contributed by atoms with van der Waals surface area (Å²) in [7, 11) is 1.33. The predicted octanol–water partition coefficient (Wildman–Crippen LogP) is 3.91. The first-order chi connectivity index (χ1) is 12.5. The van der Waals surface area contributed by atoms with Crippen LogP contribution >= 0.6 is 11.6 Å². The minimum Gasteiger partial charge on any atom is -0.506 e. The van der Waals surface area contributed by atoms with Gasteiger partial charge in [0.05, 0.1) is 23.2 Å². The molecule has 0 saturated heterocycles. The van der Waals surface area contributed by atoms with Crippen molar-refractivity contribution in [2.24, 2.45) is 0 Å². The first kappa shape index (κ1) is 16.4. The highest BCUT2D eigenvalue weighted by Gasteiger charge is 2.20. The number of alkyl halides is 1. The van der Waals surface area contributed by atoms with Crippen molar-refractivity contribution in [3.05, 3.63) is 51.3 Å². The number of nitrogens with one attached hydrogen (secondary N) is 2. The molecule has 0 saturated carbocycles. The predicted molar refractivity (Wildman–Crippen MR) is 97.7 cm³/mol. The van der Waals surface area contributed by atoms with E-state index >= 15 is 0 Å². The maximum absolute atomic E-state index is 13.4. The minimum absolute atomic E-state index is 0.0493. The Morgan fingerprint density at radius 2 is 2.12 bits per heavy atom. The highest BCUT2D eigenvalue weighted by atomic mass is 35.5. The van der Waals surface area contributed by atoms with E-state index in [-0.39, 0.29) is 22.1 Å². The molecule has 4 rings (SSSR count). The number of nitrogens with zero attached hydrogens (tertiary/aromatic N) is 1. The quantitative estimate of drug-likeness (QED) is 0.507. The monoisotopic (exact) mass is 373 g/mol. The molecule has 0 aliphatic carbocycles. The molecule has 26 heavy (non-hydrogen) atoms. The third-order valence-electron chi connectivity index (χ3n) is 4.29. The molecule has 0 atom stereocenters. The first-order valence-corrected chi connectivity index (χ1v) is 8.07. The summed E-state index contributed by atoms with van der Waals surface area (Å²) in [4.78, 5) is 17.5. The highest BCUT2D eigenvalue weighted by molar-refractivity contribution is 6.32. The molecule has 0 unspecified atom stereocenters. The fourth-order valence-electron chi connectivity index (χ4n) is 3.10. The Morgan fingerprint density at radius 1 is 1.31 bits per heavy atom. The number of fused-ring (bicyclic) bond motifs is 3. The van der Waals surface area contributed by atoms with E-state index in [1.54, 1.807) is 18.3 Å². The van der Waals surface area contributed by atoms with Crippen LogP contribution < -0.4 is 10.2 Å². The largest absolute Gasteiger partial charge is 0.506 e. The molecule has 3 N–H and O–H groups in total. The third-order valence-corrected chi connectivity index (χ3v) is 4.60. The highest BCUT2D eigenvalue weighted by Crippen LogP contribution is 2.35. The van der Waals surface area contributed by atoms with Gasteiger partial charge >= 0.3 is 0 Å². The van der Waals surface area contributed by atoms with Gasteiger partial charge in [0.2, 0.25) is 5.43 Å². The topological polar surface area (TPSA) is 91.0 Å². The van der Waals surface area contributed by atoms with Crippen molar-refractivity contribution in [1.29, 1.82) is 0 Å². The second-order valence-electron chi connectivity index (χ2n) is 5.76. The summed E-state index contributed by atoms with van der Waals surface area (Å²) in [6.45, 7) is -0.827. The number of hydrogen-bond donors (Lipinski definition) is 3. The van der Waals surface area contributed by atoms with Crippen LogP contribution in [0.3, 0.4) is 0 Å². The standard InChI is InChI=1S/C18H13ClFN3O3/c1-26-17-9(6-20)4-10-11-7-21-23-18(11)22-15(14(10)16(17)25)8-2-3-13(24)12(19)5-8/h2-5,7,24H,6H2,1H3,(H2,21,22,23). The number of methoxy groups -OCH3 is 1. The van der Waals surface area contributed by atoms with Crippen molar-refractivity contribution >= 4 is 33.4 Å². The van der Waals surface area contributed by atoms with Gasteiger partial charge in [-0.1, -0.05) is 11.6 Å². The summed E-state index contributed by atoms with van der Waals surface area (Å²) >= 11 is 6.01. The van der Waals surface area contributed by atoms with Crippen molar-refractivity contribution in [3.8, 4) is 22.8 Å². The van der Waals surface area contributed by atoms with Crippen molar-refractivity contribution < 1.29 is 14.2 Å². The Bertz CT molecular complexity index is 1220. The Hall–Kier alpha value is -3.06. The van der Waals surface area contributed by atoms with Gasteiger partial charge in [-0.25, -0.2) is 9.37 Å². The zero-order valence-electron chi connectivity index (χ0n) is 13.6. The number of phenols is 1. The number of aromatic nitrogens is 3. The zero-order valence-corrected chi connectivity index (χ0v) is 14.3. The van der Waals surface area contributed by atoms with Crippen molar-refractivity contribution in [3.63, 3.8) is 0 Å². The molecule has 2 heterocycles. The van der Waals surface area contributed by atoms with Crippen molar-refractivity contribution in [1.82, 2.24) is 15.2 Å². The lowest BCUT2D eigenvalue weighted by atomic mass is 9.99. The van der Waals surface area contributed by atoms with Gasteiger partial charge in [0.25, 0.3) is 0 Å². The molecule has 132 valence electrons. The van der Waals surface area contributed by atoms with E-state index in [1.807, 2.05) is 0 Å². The van der Waals surface area contributed by atoms with Crippen LogP contribution in [0, 0.1) is 0 Å². The summed E-state index contributed by atoms with van der Waals surface area (Å²) in [6, 6.07) is 6.14. The number of halogens is 2. The number of H-pyrrole nitrogens is 2. The molecule has 6 nitrogen and oxygen atoms in total. The minimum atomic E-state index is -0.827. The van der Waals surface area contributed by atoms with Crippen LogP contribution in [0.2, 0.25) is 5.02 Å². The van der Waals surface area contributed by atoms with Crippen LogP contribution in [0.25, 0.3) is 33.1 Å². The molecular weight excluding hydrogens is 361 g/mol. The average molecular weight is 374 g/mol. The molecule has 0 fully saturated rings. The van der Waals surface area contributed by atoms with Crippen LogP contribution in [0.5, 0.6) is 11.5 Å². The molecular formula is C18H13ClFN3O3. The van der Waals surface area contributed by atoms with Crippen molar-refractivity contribution in [2.45, 2.75) is 6.67 Å². The Balaban J connectivity index is 2.21. The van der Waals surface area contributed by atoms with Gasteiger partial charge in [-0.2, -0.15) is 0 Å². The van der Waals surface area contributed by atoms with Gasteiger partial charge < -0.3 is 14.9 Å². The number of rotatable bonds is 3. The normalized spacial score (nSPS) is 11.3. The Labute approximate surface area is 151 Å². The number of hydrogen-bond acceptors (Lipinski definition) is 4. The van der Waals surface area contributed by atoms with E-state index in [4.69, 9.17) is 16.3 Å². The molecule has 0 aliphatic heterocycles. The van der Waals surface area contributed by atoms with Crippen LogP contribution in [-0.2, 0) is 6.67 Å². The van der Waals surface area contributed by atoms with Crippen LogP contribution in [0.4, 0.5) is 4.39 Å². The molecule has 2 aromatic carbocycles. The molecule has 4 aromatic rings. The van der Waals surface area contributed by atoms with Gasteiger partial charge in [-0.05, 0) is 24.3 Å². The second-order valence-corrected chi connectivity index (χ2v) is 6.16. The van der Waals surface area contributed by atoms with E-state index in [9.17, 15) is 14.3 Å². The zero-order chi connectivity index (χ0) is 18.4. The number of phenolic OH excluding ortho intramolecular Hbond substituents is 1. The SMILES string of the molecule is COc1c(CF)cc2c(c(-c3ccc(O)c(Cl)c3)nc3[nH][nH]cc32)c1=O. The fraction of sp³-hybridized carbons (Fsp3) is 0.111. The van der Waals surface area contributed by atoms with E-state index < -0.39 is 12.1 Å². The number of ether oxygens (including phenoxy) is 1. The summed E-state index contributed by atoms with van der Waals surface area (Å²) in [5, 5.41) is 17.0. The second kappa shape index (κ2) is 6.03. The van der Waals surface area contributed by atoms with Crippen molar-refractivity contribution in [2.75, 3.05) is 7.11 Å². The summed E-state index contributed by atoms with van der Waals surface area (Å²) in [6.07, 6.45) is 1.66. The molecule has 0 radical (unpaired) electrons. The lowest BCUT2D eigenvalue weighted by molar-refractivity contribution is 0.391. The first-order valence-electron chi connectivity index (χ1n) is 7.69. The van der Waals surface area contributed by atoms with Crippen LogP contribution in [-0.4, -0.2) is 27.4 Å². The fourth-order valence-corrected chi connectivity index (χ4v) is 3.28. The smallest absolute Gasteiger partial charge is 0.230 e. The van der Waals surface area contributed by atoms with E-state index in [1.165, 1.54) is 19.2 Å². The van der Waals surface area contributed by atoms with E-state index in [2.05, 4.69) is 15.2 Å². The van der Waals surface area contributed by atoms with Gasteiger partial charge in [0.1, 0.15) is 12.4 Å². The lowest BCUT2D eigenvalue weighted by Gasteiger charge is -2.11. The maximum Gasteiger partial charge on any atom is 0.230 e. The molecule has 0 aliphatic rings. The molecule has 8 heteroatoms. The molecule has 0 bridgehead atoms. The molecule has 0 amide bonds. The average Bonchev–Trinajstić information content (AvgIpc) is 3.11. The van der Waals surface area contributed by atoms with Gasteiger partial charge in [0.15, 0.2) is 11.4 Å². The van der Waals surface area contributed by atoms with E-state index in [0.717, 1.165) is 0 Å². The molecule has 2 aromatic heterocycles. The van der Waals surface area contributed by atoms with Gasteiger partial charge in [-0.3, -0.25) is 9.89 Å². The molecule has 0 spiro atoms. The number of pyridine rings is 1. The van der Waals surface area contributed by atoms with Crippen LogP contribution in [0.1, 0.15) is 5.56 Å². The van der Waals surface area contributed by atoms with Crippen LogP contribution in [0.15, 0.2) is 35.3 Å². The Morgan fingerprint density at radius 3 is 2.81 bits per heavy atom. The maximum atomic E-state index is 13.4. The van der Waals surface area contributed by atoms with E-state index in [0.29, 0.717) is 33.1 Å². The summed E-state index contributed by atoms with van der Waals surface area (Å²) < 4.78 is 18.6. The number of benzene rings is 2. The number of aromatic hydroxyl groups is 1. The summed E-state index contributed by atoms with van der Waals surface area (Å²) in [5.41, 5.74) is 1.13. The van der Waals surface area contributed by atoms with Gasteiger partial charge in [0, 0.05) is 28.1 Å². The number of aromatic amines is 2. The third kappa shape index (κ3) is 2.32. The lowest BCUT2D eigenvalue weighted by Crippen LogP contribution is -2.10. The Kier molecular flexibility index (Phi) is 3.81. The summed E-state index contributed by atoms with van der Waals surface area (Å²) in [5.74, 6) is -0.125.